The minimum atomic E-state index is -0.726. The molecule has 4 rings (SSSR count). The number of pyridine rings is 1. The number of nitrogens with zero attached hydrogens (tertiary/aromatic N) is 1. The lowest BCUT2D eigenvalue weighted by molar-refractivity contribution is -0.137. The Morgan fingerprint density at radius 3 is 2.00 bits per heavy atom. The van der Waals surface area contributed by atoms with Gasteiger partial charge in [0.15, 0.2) is 0 Å². The van der Waals surface area contributed by atoms with Crippen molar-refractivity contribution in [1.29, 1.82) is 0 Å². The zero-order valence-corrected chi connectivity index (χ0v) is 16.1. The van der Waals surface area contributed by atoms with Gasteiger partial charge in [0, 0.05) is 22.9 Å². The number of anilines is 2. The third-order valence-electron chi connectivity index (χ3n) is 4.92. The van der Waals surface area contributed by atoms with Crippen LogP contribution in [0, 0.1) is 0 Å². The average molecular weight is 388 g/mol. The van der Waals surface area contributed by atoms with Gasteiger partial charge in [-0.25, -0.2) is 4.98 Å². The second kappa shape index (κ2) is 9.17. The molecular formula is C24H24N2O3. The molecule has 0 aliphatic carbocycles. The van der Waals surface area contributed by atoms with Crippen molar-refractivity contribution in [2.45, 2.75) is 25.7 Å². The smallest absolute Gasteiger partial charge is 0.303 e. The van der Waals surface area contributed by atoms with Crippen molar-refractivity contribution in [1.82, 2.24) is 4.98 Å². The molecule has 0 saturated heterocycles. The molecule has 0 fully saturated rings. The second-order valence-electron chi connectivity index (χ2n) is 6.94. The molecule has 0 amide bonds. The fourth-order valence-corrected chi connectivity index (χ4v) is 3.48. The van der Waals surface area contributed by atoms with Gasteiger partial charge in [-0.15, -0.1) is 0 Å². The van der Waals surface area contributed by atoms with Crippen LogP contribution in [0.15, 0.2) is 72.8 Å². The number of benzene rings is 3. The molecule has 1 heterocycles. The van der Waals surface area contributed by atoms with Gasteiger partial charge in [-0.3, -0.25) is 4.79 Å². The number of fused-ring (bicyclic) bond motifs is 2. The number of aromatic nitrogens is 1. The van der Waals surface area contributed by atoms with Crippen molar-refractivity contribution in [3.8, 4) is 0 Å². The molecule has 148 valence electrons. The van der Waals surface area contributed by atoms with E-state index in [1.807, 2.05) is 36.4 Å². The number of aryl methyl sites for hydroxylation is 1. The summed E-state index contributed by atoms with van der Waals surface area (Å²) in [7, 11) is 0. The third kappa shape index (κ3) is 4.70. The Morgan fingerprint density at radius 1 is 0.828 bits per heavy atom. The molecule has 0 radical (unpaired) electrons. The highest BCUT2D eigenvalue weighted by molar-refractivity contribution is 6.08. The van der Waals surface area contributed by atoms with Gasteiger partial charge in [0.1, 0.15) is 0 Å². The number of nitrogens with one attached hydrogen (secondary N) is 1. The zero-order chi connectivity index (χ0) is 19.3. The molecule has 1 aromatic heterocycles. The first kappa shape index (κ1) is 20.3. The van der Waals surface area contributed by atoms with Crippen molar-refractivity contribution in [2.75, 3.05) is 5.32 Å². The number of unbranched alkanes of at least 4 members (excludes halogenated alkanes) is 1. The fraction of sp³-hybridized carbons (Fsp3) is 0.167. The third-order valence-corrected chi connectivity index (χ3v) is 4.92. The van der Waals surface area contributed by atoms with E-state index in [1.165, 1.54) is 5.56 Å². The highest BCUT2D eigenvalue weighted by atomic mass is 16.4. The number of para-hydroxylation sites is 2. The van der Waals surface area contributed by atoms with Crippen LogP contribution in [0.3, 0.4) is 0 Å². The quantitative estimate of drug-likeness (QED) is 0.340. The van der Waals surface area contributed by atoms with Gasteiger partial charge in [-0.05, 0) is 49.1 Å². The Hall–Kier alpha value is -3.44. The van der Waals surface area contributed by atoms with Gasteiger partial charge in [0.2, 0.25) is 0 Å². The van der Waals surface area contributed by atoms with Gasteiger partial charge in [0.05, 0.1) is 16.7 Å². The Kier molecular flexibility index (Phi) is 6.42. The summed E-state index contributed by atoms with van der Waals surface area (Å²) in [6.07, 6.45) is 2.74. The topological polar surface area (TPSA) is 93.7 Å². The summed E-state index contributed by atoms with van der Waals surface area (Å²) in [5, 5.41) is 14.5. The van der Waals surface area contributed by atoms with Crippen LogP contribution < -0.4 is 5.32 Å². The Balaban J connectivity index is 0.00000240. The Labute approximate surface area is 169 Å². The van der Waals surface area contributed by atoms with E-state index in [0.717, 1.165) is 46.0 Å². The van der Waals surface area contributed by atoms with Crippen molar-refractivity contribution in [2.24, 2.45) is 0 Å². The summed E-state index contributed by atoms with van der Waals surface area (Å²) < 4.78 is 0. The number of hydrogen-bond donors (Lipinski definition) is 2. The van der Waals surface area contributed by atoms with Crippen LogP contribution >= 0.6 is 0 Å². The van der Waals surface area contributed by atoms with Crippen LogP contribution in [-0.4, -0.2) is 21.5 Å². The van der Waals surface area contributed by atoms with E-state index in [0.29, 0.717) is 6.42 Å². The van der Waals surface area contributed by atoms with Gasteiger partial charge in [-0.1, -0.05) is 48.5 Å². The van der Waals surface area contributed by atoms with Gasteiger partial charge < -0.3 is 15.9 Å². The fourth-order valence-electron chi connectivity index (χ4n) is 3.48. The largest absolute Gasteiger partial charge is 0.481 e. The predicted molar refractivity (Wildman–Crippen MR) is 118 cm³/mol. The maximum absolute atomic E-state index is 10.6. The molecule has 5 heteroatoms. The molecule has 5 nitrogen and oxygen atoms in total. The summed E-state index contributed by atoms with van der Waals surface area (Å²) in [5.74, 6) is -0.726. The van der Waals surface area contributed by atoms with Crippen LogP contribution in [0.25, 0.3) is 21.8 Å². The Bertz CT molecular complexity index is 1070. The predicted octanol–water partition coefficient (Wildman–Crippen LogP) is 5.10. The molecular weight excluding hydrogens is 364 g/mol. The lowest BCUT2D eigenvalue weighted by Gasteiger charge is -2.13. The van der Waals surface area contributed by atoms with E-state index in [4.69, 9.17) is 10.1 Å². The van der Waals surface area contributed by atoms with Crippen LogP contribution in [0.4, 0.5) is 11.4 Å². The molecule has 0 aliphatic heterocycles. The molecule has 0 unspecified atom stereocenters. The molecule has 0 bridgehead atoms. The first-order chi connectivity index (χ1) is 13.7. The standard InChI is InChI=1S/C24H22N2O2.H2O/c27-23(28)12-6-1-7-17-13-15-18(16-14-17)25-24-19-8-2-4-10-21(19)26-22-11-5-3-9-20(22)24;/h2-5,8-11,13-16H,1,6-7,12H2,(H,25,26)(H,27,28);1H2. The summed E-state index contributed by atoms with van der Waals surface area (Å²) in [4.78, 5) is 15.4. The molecule has 3 aromatic carbocycles. The molecule has 0 spiro atoms. The van der Waals surface area contributed by atoms with Gasteiger partial charge in [0.25, 0.3) is 0 Å². The minimum absolute atomic E-state index is 0. The first-order valence-corrected chi connectivity index (χ1v) is 9.56. The van der Waals surface area contributed by atoms with Crippen LogP contribution in [0.2, 0.25) is 0 Å². The van der Waals surface area contributed by atoms with Gasteiger partial charge >= 0.3 is 5.97 Å². The van der Waals surface area contributed by atoms with E-state index < -0.39 is 5.97 Å². The van der Waals surface area contributed by atoms with Gasteiger partial charge in [-0.2, -0.15) is 0 Å². The number of carboxylic acids is 1. The molecule has 0 atom stereocenters. The van der Waals surface area contributed by atoms with Crippen LogP contribution in [-0.2, 0) is 11.2 Å². The minimum Gasteiger partial charge on any atom is -0.481 e. The maximum Gasteiger partial charge on any atom is 0.303 e. The van der Waals surface area contributed by atoms with Crippen molar-refractivity contribution in [3.63, 3.8) is 0 Å². The molecule has 4 N–H and O–H groups in total. The number of carbonyl (C=O) groups is 1. The van der Waals surface area contributed by atoms with Crippen molar-refractivity contribution in [3.05, 3.63) is 78.4 Å². The van der Waals surface area contributed by atoms with Crippen molar-refractivity contribution < 1.29 is 15.4 Å². The summed E-state index contributed by atoms with van der Waals surface area (Å²) in [5.41, 5.74) is 5.25. The zero-order valence-electron chi connectivity index (χ0n) is 16.1. The van der Waals surface area contributed by atoms with E-state index >= 15 is 0 Å². The van der Waals surface area contributed by atoms with Crippen LogP contribution in [0.1, 0.15) is 24.8 Å². The monoisotopic (exact) mass is 388 g/mol. The molecule has 0 saturated carbocycles. The second-order valence-corrected chi connectivity index (χ2v) is 6.94. The lowest BCUT2D eigenvalue weighted by Crippen LogP contribution is -1.96. The summed E-state index contributed by atoms with van der Waals surface area (Å²) >= 11 is 0. The SMILES string of the molecule is O.O=C(O)CCCCc1ccc(Nc2c3ccccc3nc3ccccc23)cc1. The average Bonchev–Trinajstić information content (AvgIpc) is 2.72. The highest BCUT2D eigenvalue weighted by Crippen LogP contribution is 2.33. The molecule has 29 heavy (non-hydrogen) atoms. The first-order valence-electron chi connectivity index (χ1n) is 9.56. The maximum atomic E-state index is 10.6. The van der Waals surface area contributed by atoms with E-state index in [9.17, 15) is 4.79 Å². The number of aliphatic carboxylic acids is 1. The molecule has 4 aromatic rings. The number of hydrogen-bond acceptors (Lipinski definition) is 3. The number of rotatable bonds is 7. The van der Waals surface area contributed by atoms with E-state index in [2.05, 4.69) is 41.7 Å². The van der Waals surface area contributed by atoms with Crippen molar-refractivity contribution >= 4 is 39.1 Å². The van der Waals surface area contributed by atoms with Crippen LogP contribution in [0.5, 0.6) is 0 Å². The summed E-state index contributed by atoms with van der Waals surface area (Å²) in [6, 6.07) is 24.7. The Morgan fingerprint density at radius 2 is 1.41 bits per heavy atom. The van der Waals surface area contributed by atoms with E-state index in [-0.39, 0.29) is 11.9 Å². The normalized spacial score (nSPS) is 10.6. The van der Waals surface area contributed by atoms with E-state index in [1.54, 1.807) is 0 Å². The lowest BCUT2D eigenvalue weighted by atomic mass is 10.1. The highest BCUT2D eigenvalue weighted by Gasteiger charge is 2.09. The summed E-state index contributed by atoms with van der Waals surface area (Å²) in [6.45, 7) is 0. The molecule has 0 aliphatic rings. The number of carboxylic acid groups (broad SMARTS) is 1.